The number of sulfone groups is 1. The van der Waals surface area contributed by atoms with Crippen LogP contribution in [0.2, 0.25) is 0 Å². The molecule has 0 aromatic carbocycles. The van der Waals surface area contributed by atoms with Gasteiger partial charge in [-0.2, -0.15) is 4.98 Å². The summed E-state index contributed by atoms with van der Waals surface area (Å²) in [5.74, 6) is 0.314. The van der Waals surface area contributed by atoms with Crippen molar-refractivity contribution in [3.63, 3.8) is 0 Å². The van der Waals surface area contributed by atoms with Crippen LogP contribution in [-0.4, -0.2) is 75.3 Å². The molecule has 0 saturated carbocycles. The first-order chi connectivity index (χ1) is 12.2. The van der Waals surface area contributed by atoms with Crippen molar-refractivity contribution in [1.82, 2.24) is 9.97 Å². The molecule has 1 fully saturated rings. The second-order valence-electron chi connectivity index (χ2n) is 6.26. The van der Waals surface area contributed by atoms with Gasteiger partial charge in [0.15, 0.2) is 0 Å². The maximum atomic E-state index is 11.4. The van der Waals surface area contributed by atoms with Gasteiger partial charge < -0.3 is 25.8 Å². The van der Waals surface area contributed by atoms with Crippen molar-refractivity contribution in [3.8, 4) is 0 Å². The monoisotopic (exact) mass is 387 g/mol. The molecule has 0 unspecified atom stereocenters. The summed E-state index contributed by atoms with van der Waals surface area (Å²) in [6, 6.07) is -0.272. The van der Waals surface area contributed by atoms with E-state index in [2.05, 4.69) is 14.7 Å². The molecule has 0 amide bonds. The van der Waals surface area contributed by atoms with Crippen LogP contribution in [0.1, 0.15) is 12.0 Å². The summed E-state index contributed by atoms with van der Waals surface area (Å²) in [6.45, 7) is 1.15. The summed E-state index contributed by atoms with van der Waals surface area (Å²) < 4.78 is 33.2. The van der Waals surface area contributed by atoms with Gasteiger partial charge in [0, 0.05) is 31.1 Å². The number of hydrogen-bond donors (Lipinski definition) is 2. The van der Waals surface area contributed by atoms with Gasteiger partial charge in [-0.15, -0.1) is 0 Å². The van der Waals surface area contributed by atoms with Crippen LogP contribution in [0.15, 0.2) is 6.20 Å². The molecular formula is C15H25N5O5S. The number of carbonyl (C=O) groups is 1. The van der Waals surface area contributed by atoms with Gasteiger partial charge in [-0.3, -0.25) is 4.79 Å². The van der Waals surface area contributed by atoms with Crippen molar-refractivity contribution in [2.24, 2.45) is 5.73 Å². The zero-order valence-electron chi connectivity index (χ0n) is 14.9. The Balaban J connectivity index is 2.06. The average Bonchev–Trinajstić information content (AvgIpc) is 2.93. The van der Waals surface area contributed by atoms with Crippen LogP contribution < -0.4 is 16.4 Å². The van der Waals surface area contributed by atoms with Crippen molar-refractivity contribution < 1.29 is 22.7 Å². The molecule has 1 aliphatic rings. The third-order valence-corrected chi connectivity index (χ3v) is 5.02. The molecule has 1 aromatic heterocycles. The molecule has 2 rings (SSSR count). The Kier molecular flexibility index (Phi) is 6.73. The molecule has 11 heteroatoms. The van der Waals surface area contributed by atoms with Gasteiger partial charge in [-0.25, -0.2) is 13.4 Å². The van der Waals surface area contributed by atoms with Crippen molar-refractivity contribution in [1.29, 1.82) is 0 Å². The van der Waals surface area contributed by atoms with E-state index >= 15 is 0 Å². The first-order valence-corrected chi connectivity index (χ1v) is 10.2. The summed E-state index contributed by atoms with van der Waals surface area (Å²) in [5.41, 5.74) is 12.5. The molecule has 146 valence electrons. The second kappa shape index (κ2) is 8.60. The quantitative estimate of drug-likeness (QED) is 0.517. The van der Waals surface area contributed by atoms with E-state index in [1.807, 2.05) is 4.90 Å². The SMILES string of the molecule is COC(=O)CCO[C@@H]1CN(c2nc(N)ncc2CCS(C)(=O)=O)C[C@H]1N. The standard InChI is InChI=1S/C15H25N5O5S/c1-24-13(21)3-5-25-12-9-20(8-11(12)16)14-10(4-6-26(2,22)23)7-18-15(17)19-14/h7,11-12H,3-6,8-9,16H2,1-2H3,(H2,17,18,19)/t11-,12-/m1/s1. The highest BCUT2D eigenvalue weighted by molar-refractivity contribution is 7.90. The number of anilines is 2. The van der Waals surface area contributed by atoms with Crippen molar-refractivity contribution in [2.75, 3.05) is 49.4 Å². The van der Waals surface area contributed by atoms with Crippen LogP contribution in [-0.2, 0) is 30.5 Å². The Morgan fingerprint density at radius 1 is 1.42 bits per heavy atom. The number of esters is 1. The molecule has 4 N–H and O–H groups in total. The Hall–Kier alpha value is -1.98. The number of nitrogens with two attached hydrogens (primary N) is 2. The van der Waals surface area contributed by atoms with Gasteiger partial charge in [0.2, 0.25) is 5.95 Å². The summed E-state index contributed by atoms with van der Waals surface area (Å²) in [7, 11) is -1.79. The molecule has 1 aromatic rings. The lowest BCUT2D eigenvalue weighted by Crippen LogP contribution is -2.35. The Labute approximate surface area is 152 Å². The summed E-state index contributed by atoms with van der Waals surface area (Å²) in [6.07, 6.45) is 2.88. The fraction of sp³-hybridized carbons (Fsp3) is 0.667. The molecule has 0 aliphatic carbocycles. The predicted molar refractivity (Wildman–Crippen MR) is 96.4 cm³/mol. The lowest BCUT2D eigenvalue weighted by atomic mass is 10.2. The van der Waals surface area contributed by atoms with E-state index in [0.29, 0.717) is 24.5 Å². The van der Waals surface area contributed by atoms with Crippen LogP contribution in [0.25, 0.3) is 0 Å². The van der Waals surface area contributed by atoms with Gasteiger partial charge in [-0.1, -0.05) is 0 Å². The molecule has 1 saturated heterocycles. The predicted octanol–water partition coefficient (Wildman–Crippen LogP) is -1.26. The van der Waals surface area contributed by atoms with Gasteiger partial charge >= 0.3 is 5.97 Å². The van der Waals surface area contributed by atoms with Crippen LogP contribution in [0.4, 0.5) is 11.8 Å². The van der Waals surface area contributed by atoms with E-state index in [1.54, 1.807) is 6.20 Å². The smallest absolute Gasteiger partial charge is 0.307 e. The number of aryl methyl sites for hydroxylation is 1. The van der Waals surface area contributed by atoms with E-state index in [-0.39, 0.29) is 49.3 Å². The Morgan fingerprint density at radius 3 is 2.81 bits per heavy atom. The van der Waals surface area contributed by atoms with Crippen LogP contribution in [0.5, 0.6) is 0 Å². The number of nitrogen functional groups attached to an aromatic ring is 1. The zero-order chi connectivity index (χ0) is 19.3. The first kappa shape index (κ1) is 20.3. The number of nitrogens with zero attached hydrogens (tertiary/aromatic N) is 3. The summed E-state index contributed by atoms with van der Waals surface area (Å²) in [4.78, 5) is 21.3. The van der Waals surface area contributed by atoms with Crippen molar-refractivity contribution >= 4 is 27.6 Å². The molecule has 26 heavy (non-hydrogen) atoms. The molecule has 10 nitrogen and oxygen atoms in total. The normalized spacial score (nSPS) is 20.3. The van der Waals surface area contributed by atoms with Gasteiger partial charge in [0.05, 0.1) is 38.0 Å². The van der Waals surface area contributed by atoms with Crippen LogP contribution in [0, 0.1) is 0 Å². The zero-order valence-corrected chi connectivity index (χ0v) is 15.7. The van der Waals surface area contributed by atoms with E-state index < -0.39 is 9.84 Å². The molecule has 2 heterocycles. The maximum absolute atomic E-state index is 11.4. The number of carbonyl (C=O) groups excluding carboxylic acids is 1. The first-order valence-electron chi connectivity index (χ1n) is 8.17. The van der Waals surface area contributed by atoms with E-state index in [0.717, 1.165) is 0 Å². The largest absolute Gasteiger partial charge is 0.469 e. The second-order valence-corrected chi connectivity index (χ2v) is 8.52. The molecule has 0 spiro atoms. The number of ether oxygens (including phenoxy) is 2. The fourth-order valence-electron chi connectivity index (χ4n) is 2.70. The minimum atomic E-state index is -3.12. The van der Waals surface area contributed by atoms with E-state index in [1.165, 1.54) is 13.4 Å². The summed E-state index contributed by atoms with van der Waals surface area (Å²) >= 11 is 0. The third-order valence-electron chi connectivity index (χ3n) is 4.08. The van der Waals surface area contributed by atoms with Gasteiger partial charge in [0.1, 0.15) is 15.7 Å². The lowest BCUT2D eigenvalue weighted by molar-refractivity contribution is -0.142. The highest BCUT2D eigenvalue weighted by Crippen LogP contribution is 2.24. The molecule has 1 aliphatic heterocycles. The van der Waals surface area contributed by atoms with Gasteiger partial charge in [0.25, 0.3) is 0 Å². The molecule has 0 radical (unpaired) electrons. The van der Waals surface area contributed by atoms with Crippen molar-refractivity contribution in [2.45, 2.75) is 25.0 Å². The molecule has 0 bridgehead atoms. The topological polar surface area (TPSA) is 151 Å². The number of rotatable bonds is 8. The average molecular weight is 387 g/mol. The number of aromatic nitrogens is 2. The van der Waals surface area contributed by atoms with E-state index in [9.17, 15) is 13.2 Å². The Bertz CT molecular complexity index is 742. The number of methoxy groups -OCH3 is 1. The lowest BCUT2D eigenvalue weighted by Gasteiger charge is -2.20. The Morgan fingerprint density at radius 2 is 2.15 bits per heavy atom. The highest BCUT2D eigenvalue weighted by Gasteiger charge is 2.33. The minimum Gasteiger partial charge on any atom is -0.469 e. The molecule has 2 atom stereocenters. The van der Waals surface area contributed by atoms with Crippen LogP contribution in [0.3, 0.4) is 0 Å². The third kappa shape index (κ3) is 5.78. The van der Waals surface area contributed by atoms with Gasteiger partial charge in [-0.05, 0) is 6.42 Å². The highest BCUT2D eigenvalue weighted by atomic mass is 32.2. The number of hydrogen-bond acceptors (Lipinski definition) is 10. The molecular weight excluding hydrogens is 362 g/mol. The van der Waals surface area contributed by atoms with Crippen molar-refractivity contribution in [3.05, 3.63) is 11.8 Å². The minimum absolute atomic E-state index is 0.00771. The van der Waals surface area contributed by atoms with E-state index in [4.69, 9.17) is 16.2 Å². The van der Waals surface area contributed by atoms with Crippen LogP contribution >= 0.6 is 0 Å². The fourth-order valence-corrected chi connectivity index (χ4v) is 3.29. The maximum Gasteiger partial charge on any atom is 0.307 e. The summed E-state index contributed by atoms with van der Waals surface area (Å²) in [5, 5.41) is 0.